The molecule has 96 valence electrons. The zero-order valence-corrected chi connectivity index (χ0v) is 11.5. The number of hydrogen-bond donors (Lipinski definition) is 1. The third-order valence-electron chi connectivity index (χ3n) is 2.70. The van der Waals surface area contributed by atoms with Crippen molar-refractivity contribution in [1.29, 1.82) is 0 Å². The van der Waals surface area contributed by atoms with E-state index in [4.69, 9.17) is 11.6 Å². The molecule has 2 aromatic heterocycles. The molecule has 6 heteroatoms. The van der Waals surface area contributed by atoms with Crippen LogP contribution < -0.4 is 5.32 Å². The fraction of sp³-hybridized carbons (Fsp3) is 0.0769. The molecule has 3 aromatic rings. The van der Waals surface area contributed by atoms with Gasteiger partial charge in [0, 0.05) is 6.54 Å². The number of nitrogens with zero attached hydrogens (tertiary/aromatic N) is 3. The molecule has 0 bridgehead atoms. The first-order chi connectivity index (χ1) is 9.34. The number of nitrogens with one attached hydrogen (secondary N) is 1. The maximum atomic E-state index is 6.25. The predicted octanol–water partition coefficient (Wildman–Crippen LogP) is 3.59. The van der Waals surface area contributed by atoms with Crippen LogP contribution in [0, 0.1) is 0 Å². The van der Waals surface area contributed by atoms with Crippen molar-refractivity contribution in [2.24, 2.45) is 0 Å². The molecule has 1 N–H and O–H groups in total. The quantitative estimate of drug-likeness (QED) is 0.798. The number of para-hydroxylation sites is 1. The lowest BCUT2D eigenvalue weighted by atomic mass is 10.2. The van der Waals surface area contributed by atoms with Crippen LogP contribution in [0.25, 0.3) is 5.69 Å². The number of hydrogen-bond acceptors (Lipinski definition) is 4. The van der Waals surface area contributed by atoms with Crippen molar-refractivity contribution >= 4 is 28.6 Å². The van der Waals surface area contributed by atoms with Gasteiger partial charge in [-0.2, -0.15) is 16.4 Å². The third-order valence-corrected chi connectivity index (χ3v) is 3.73. The monoisotopic (exact) mass is 290 g/mol. The molecule has 19 heavy (non-hydrogen) atoms. The Morgan fingerprint density at radius 1 is 1.32 bits per heavy atom. The molecule has 0 radical (unpaired) electrons. The molecule has 2 heterocycles. The molecule has 0 aliphatic carbocycles. The molecule has 0 saturated carbocycles. The van der Waals surface area contributed by atoms with Gasteiger partial charge in [0.05, 0.1) is 10.7 Å². The summed E-state index contributed by atoms with van der Waals surface area (Å²) in [5.41, 5.74) is 3.00. The molecule has 0 unspecified atom stereocenters. The van der Waals surface area contributed by atoms with Crippen molar-refractivity contribution in [2.45, 2.75) is 6.54 Å². The van der Waals surface area contributed by atoms with E-state index in [2.05, 4.69) is 32.2 Å². The molecule has 3 rings (SSSR count). The summed E-state index contributed by atoms with van der Waals surface area (Å²) in [5, 5.41) is 12.3. The average molecular weight is 291 g/mol. The number of aromatic nitrogens is 3. The summed E-state index contributed by atoms with van der Waals surface area (Å²) in [5.74, 6) is 0. The fourth-order valence-corrected chi connectivity index (χ4v) is 2.73. The Labute approximate surface area is 119 Å². The molecule has 0 fully saturated rings. The highest BCUT2D eigenvalue weighted by atomic mass is 35.5. The van der Waals surface area contributed by atoms with E-state index in [0.717, 1.165) is 17.9 Å². The average Bonchev–Trinajstić information content (AvgIpc) is 3.09. The van der Waals surface area contributed by atoms with Crippen LogP contribution in [0.3, 0.4) is 0 Å². The maximum absolute atomic E-state index is 6.25. The first-order valence-corrected chi connectivity index (χ1v) is 7.05. The zero-order chi connectivity index (χ0) is 13.1. The van der Waals surface area contributed by atoms with Gasteiger partial charge < -0.3 is 5.32 Å². The molecular formula is C13H11ClN4S. The molecule has 0 saturated heterocycles. The highest BCUT2D eigenvalue weighted by molar-refractivity contribution is 7.07. The van der Waals surface area contributed by atoms with Gasteiger partial charge in [0.25, 0.3) is 0 Å². The second-order valence-corrected chi connectivity index (χ2v) is 5.15. The Kier molecular flexibility index (Phi) is 3.48. The molecule has 0 aliphatic heterocycles. The van der Waals surface area contributed by atoms with Crippen LogP contribution in [-0.2, 0) is 6.54 Å². The number of anilines is 1. The Hall–Kier alpha value is -1.85. The Bertz CT molecular complexity index is 649. The lowest BCUT2D eigenvalue weighted by molar-refractivity contribution is 0.878. The SMILES string of the molecule is Clc1cccc(NCc2ccsc2)c1-n1cncn1. The van der Waals surface area contributed by atoms with Gasteiger partial charge in [0.1, 0.15) is 18.3 Å². The Morgan fingerprint density at radius 3 is 3.00 bits per heavy atom. The van der Waals surface area contributed by atoms with Crippen LogP contribution >= 0.6 is 22.9 Å². The van der Waals surface area contributed by atoms with Crippen molar-refractivity contribution in [2.75, 3.05) is 5.32 Å². The summed E-state index contributed by atoms with van der Waals surface area (Å²) in [6.45, 7) is 0.755. The van der Waals surface area contributed by atoms with Crippen molar-refractivity contribution in [3.63, 3.8) is 0 Å². The molecule has 0 aliphatic rings. The van der Waals surface area contributed by atoms with Crippen molar-refractivity contribution < 1.29 is 0 Å². The summed E-state index contributed by atoms with van der Waals surface area (Å²) in [6.07, 6.45) is 3.13. The molecule has 1 aromatic carbocycles. The summed E-state index contributed by atoms with van der Waals surface area (Å²) < 4.78 is 1.66. The van der Waals surface area contributed by atoms with Crippen LogP contribution in [-0.4, -0.2) is 14.8 Å². The summed E-state index contributed by atoms with van der Waals surface area (Å²) >= 11 is 7.94. The van der Waals surface area contributed by atoms with E-state index in [1.165, 1.54) is 11.9 Å². The first-order valence-electron chi connectivity index (χ1n) is 5.73. The van der Waals surface area contributed by atoms with Gasteiger partial charge in [-0.05, 0) is 34.5 Å². The van der Waals surface area contributed by atoms with Gasteiger partial charge in [-0.15, -0.1) is 0 Å². The Morgan fingerprint density at radius 2 is 2.26 bits per heavy atom. The number of benzene rings is 1. The molecule has 0 amide bonds. The summed E-state index contributed by atoms with van der Waals surface area (Å²) in [7, 11) is 0. The van der Waals surface area contributed by atoms with E-state index >= 15 is 0 Å². The largest absolute Gasteiger partial charge is 0.379 e. The minimum atomic E-state index is 0.640. The molecule has 4 nitrogen and oxygen atoms in total. The fourth-order valence-electron chi connectivity index (χ4n) is 1.81. The topological polar surface area (TPSA) is 42.7 Å². The van der Waals surface area contributed by atoms with Gasteiger partial charge in [0.15, 0.2) is 0 Å². The van der Waals surface area contributed by atoms with Crippen molar-refractivity contribution in [1.82, 2.24) is 14.8 Å². The maximum Gasteiger partial charge on any atom is 0.138 e. The van der Waals surface area contributed by atoms with E-state index in [-0.39, 0.29) is 0 Å². The normalized spacial score (nSPS) is 10.6. The number of halogens is 1. The van der Waals surface area contributed by atoms with Gasteiger partial charge >= 0.3 is 0 Å². The minimum Gasteiger partial charge on any atom is -0.379 e. The second-order valence-electron chi connectivity index (χ2n) is 3.96. The highest BCUT2D eigenvalue weighted by Crippen LogP contribution is 2.28. The van der Waals surface area contributed by atoms with Crippen LogP contribution in [0.15, 0.2) is 47.7 Å². The molecule has 0 atom stereocenters. The zero-order valence-electron chi connectivity index (χ0n) is 9.95. The smallest absolute Gasteiger partial charge is 0.138 e. The predicted molar refractivity (Wildman–Crippen MR) is 78.0 cm³/mol. The Balaban J connectivity index is 1.91. The summed E-state index contributed by atoms with van der Waals surface area (Å²) in [4.78, 5) is 3.96. The van der Waals surface area contributed by atoms with Crippen LogP contribution in [0.5, 0.6) is 0 Å². The van der Waals surface area contributed by atoms with Crippen LogP contribution in [0.4, 0.5) is 5.69 Å². The lowest BCUT2D eigenvalue weighted by Crippen LogP contribution is -2.05. The van der Waals surface area contributed by atoms with Gasteiger partial charge in [-0.3, -0.25) is 0 Å². The van der Waals surface area contributed by atoms with E-state index in [1.807, 2.05) is 18.2 Å². The summed E-state index contributed by atoms with van der Waals surface area (Å²) in [6, 6.07) is 7.83. The van der Waals surface area contributed by atoms with Crippen LogP contribution in [0.2, 0.25) is 5.02 Å². The van der Waals surface area contributed by atoms with Crippen LogP contribution in [0.1, 0.15) is 5.56 Å². The second kappa shape index (κ2) is 5.42. The lowest BCUT2D eigenvalue weighted by Gasteiger charge is -2.12. The number of rotatable bonds is 4. The first kappa shape index (κ1) is 12.2. The van der Waals surface area contributed by atoms with Crippen molar-refractivity contribution in [3.05, 3.63) is 58.3 Å². The highest BCUT2D eigenvalue weighted by Gasteiger charge is 2.09. The standard InChI is InChI=1S/C13H11ClN4S/c14-11-2-1-3-12(13(11)18-9-15-8-17-18)16-6-10-4-5-19-7-10/h1-5,7-9,16H,6H2. The van der Waals surface area contributed by atoms with Gasteiger partial charge in [0.2, 0.25) is 0 Å². The van der Waals surface area contributed by atoms with E-state index in [1.54, 1.807) is 22.3 Å². The van der Waals surface area contributed by atoms with E-state index < -0.39 is 0 Å². The molecule has 0 spiro atoms. The third kappa shape index (κ3) is 2.62. The minimum absolute atomic E-state index is 0.640. The van der Waals surface area contributed by atoms with Gasteiger partial charge in [-0.25, -0.2) is 9.67 Å². The van der Waals surface area contributed by atoms with Gasteiger partial charge in [-0.1, -0.05) is 17.7 Å². The number of thiophene rings is 1. The molecular weight excluding hydrogens is 280 g/mol. The van der Waals surface area contributed by atoms with E-state index in [9.17, 15) is 0 Å². The van der Waals surface area contributed by atoms with Crippen molar-refractivity contribution in [3.8, 4) is 5.69 Å². The van der Waals surface area contributed by atoms with E-state index in [0.29, 0.717) is 5.02 Å².